The molecule has 1 aromatic carbocycles. The zero-order valence-electron chi connectivity index (χ0n) is 6.71. The fourth-order valence-electron chi connectivity index (χ4n) is 1.21. The smallest absolute Gasteiger partial charge is 0.122 e. The van der Waals surface area contributed by atoms with E-state index >= 15 is 0 Å². The molecule has 12 heavy (non-hydrogen) atoms. The molecule has 2 aromatic rings. The van der Waals surface area contributed by atoms with Crippen LogP contribution in [0.15, 0.2) is 24.4 Å². The summed E-state index contributed by atoms with van der Waals surface area (Å²) >= 11 is 0. The Kier molecular flexibility index (Phi) is 1.57. The number of hydrogen-bond donors (Lipinski definition) is 1. The van der Waals surface area contributed by atoms with E-state index < -0.39 is 6.17 Å². The van der Waals surface area contributed by atoms with E-state index in [0.29, 0.717) is 5.56 Å². The topological polar surface area (TPSA) is 28.7 Å². The zero-order chi connectivity index (χ0) is 8.55. The van der Waals surface area contributed by atoms with Crippen molar-refractivity contribution in [3.05, 3.63) is 30.0 Å². The van der Waals surface area contributed by atoms with Crippen LogP contribution in [0.3, 0.4) is 0 Å². The van der Waals surface area contributed by atoms with Crippen LogP contribution in [0.5, 0.6) is 0 Å². The van der Waals surface area contributed by atoms with E-state index in [-0.39, 0.29) is 0 Å². The summed E-state index contributed by atoms with van der Waals surface area (Å²) in [5.41, 5.74) is 1.64. The lowest BCUT2D eigenvalue weighted by Gasteiger charge is -2.00. The Bertz CT molecular complexity index is 392. The van der Waals surface area contributed by atoms with Crippen molar-refractivity contribution in [3.8, 4) is 0 Å². The number of nitrogens with one attached hydrogen (secondary N) is 1. The summed E-state index contributed by atoms with van der Waals surface area (Å²) in [5, 5.41) is 7.62. The largest absolute Gasteiger partial charge is 0.278 e. The van der Waals surface area contributed by atoms with Gasteiger partial charge in [-0.25, -0.2) is 4.39 Å². The molecule has 0 radical (unpaired) electrons. The molecule has 1 aromatic heterocycles. The maximum Gasteiger partial charge on any atom is 0.122 e. The number of nitrogens with zero attached hydrogens (tertiary/aromatic N) is 1. The van der Waals surface area contributed by atoms with Gasteiger partial charge in [-0.1, -0.05) is 6.07 Å². The predicted molar refractivity (Wildman–Crippen MR) is 45.6 cm³/mol. The van der Waals surface area contributed by atoms with Crippen molar-refractivity contribution >= 4 is 10.9 Å². The average molecular weight is 164 g/mol. The number of fused-ring (bicyclic) bond motifs is 1. The Balaban J connectivity index is 2.60. The van der Waals surface area contributed by atoms with E-state index in [1.165, 1.54) is 6.92 Å². The van der Waals surface area contributed by atoms with E-state index in [1.54, 1.807) is 12.3 Å². The first kappa shape index (κ1) is 7.28. The molecule has 1 heterocycles. The third-order valence-corrected chi connectivity index (χ3v) is 1.92. The molecule has 0 saturated heterocycles. The second-order valence-electron chi connectivity index (χ2n) is 2.83. The van der Waals surface area contributed by atoms with Crippen LogP contribution in [0.2, 0.25) is 0 Å². The second kappa shape index (κ2) is 2.59. The van der Waals surface area contributed by atoms with Gasteiger partial charge in [-0.3, -0.25) is 5.10 Å². The molecule has 2 nitrogen and oxygen atoms in total. The maximum atomic E-state index is 12.8. The summed E-state index contributed by atoms with van der Waals surface area (Å²) in [6, 6.07) is 5.42. The monoisotopic (exact) mass is 164 g/mol. The van der Waals surface area contributed by atoms with E-state index in [2.05, 4.69) is 10.2 Å². The molecular weight excluding hydrogens is 155 g/mol. The van der Waals surface area contributed by atoms with Crippen LogP contribution in [0.25, 0.3) is 10.9 Å². The van der Waals surface area contributed by atoms with Gasteiger partial charge in [0.2, 0.25) is 0 Å². The summed E-state index contributed by atoms with van der Waals surface area (Å²) < 4.78 is 12.8. The van der Waals surface area contributed by atoms with Gasteiger partial charge in [0, 0.05) is 5.39 Å². The lowest BCUT2D eigenvalue weighted by molar-refractivity contribution is 0.374. The Morgan fingerprint density at radius 2 is 2.33 bits per heavy atom. The second-order valence-corrected chi connectivity index (χ2v) is 2.83. The van der Waals surface area contributed by atoms with Crippen LogP contribution >= 0.6 is 0 Å². The molecule has 62 valence electrons. The van der Waals surface area contributed by atoms with Crippen LogP contribution < -0.4 is 0 Å². The average Bonchev–Trinajstić information content (AvgIpc) is 2.49. The van der Waals surface area contributed by atoms with Gasteiger partial charge in [-0.2, -0.15) is 5.10 Å². The first-order valence-corrected chi connectivity index (χ1v) is 3.84. The molecule has 1 N–H and O–H groups in total. The number of aromatic nitrogens is 2. The van der Waals surface area contributed by atoms with Crippen molar-refractivity contribution in [2.45, 2.75) is 13.1 Å². The van der Waals surface area contributed by atoms with E-state index in [4.69, 9.17) is 0 Å². The molecule has 0 fully saturated rings. The third-order valence-electron chi connectivity index (χ3n) is 1.92. The Morgan fingerprint density at radius 1 is 1.50 bits per heavy atom. The van der Waals surface area contributed by atoms with Crippen molar-refractivity contribution in [2.24, 2.45) is 0 Å². The Hall–Kier alpha value is -1.38. The molecule has 0 aliphatic heterocycles. The minimum Gasteiger partial charge on any atom is -0.278 e. The highest BCUT2D eigenvalue weighted by Gasteiger charge is 2.03. The number of aromatic amines is 1. The first-order chi connectivity index (χ1) is 5.77. The SMILES string of the molecule is CC(F)c1ccc2[nH]ncc2c1. The lowest BCUT2D eigenvalue weighted by Crippen LogP contribution is -1.83. The molecule has 3 heteroatoms. The van der Waals surface area contributed by atoms with Gasteiger partial charge in [-0.15, -0.1) is 0 Å². The molecule has 1 atom stereocenters. The highest BCUT2D eigenvalue weighted by molar-refractivity contribution is 5.78. The molecule has 0 amide bonds. The van der Waals surface area contributed by atoms with E-state index in [9.17, 15) is 4.39 Å². The highest BCUT2D eigenvalue weighted by Crippen LogP contribution is 2.20. The molecule has 0 saturated carbocycles. The van der Waals surface area contributed by atoms with Crippen LogP contribution in [0, 0.1) is 0 Å². The maximum absolute atomic E-state index is 12.8. The van der Waals surface area contributed by atoms with Gasteiger partial charge in [0.15, 0.2) is 0 Å². The van der Waals surface area contributed by atoms with Crippen LogP contribution in [0.1, 0.15) is 18.7 Å². The summed E-state index contributed by atoms with van der Waals surface area (Å²) in [6.07, 6.45) is 0.783. The minimum absolute atomic E-state index is 0.698. The van der Waals surface area contributed by atoms with Gasteiger partial charge in [0.1, 0.15) is 6.17 Å². The van der Waals surface area contributed by atoms with Crippen molar-refractivity contribution in [1.29, 1.82) is 0 Å². The molecule has 0 aliphatic rings. The summed E-state index contributed by atoms with van der Waals surface area (Å²) in [5.74, 6) is 0. The van der Waals surface area contributed by atoms with Crippen molar-refractivity contribution in [3.63, 3.8) is 0 Å². The van der Waals surface area contributed by atoms with Crippen molar-refractivity contribution in [2.75, 3.05) is 0 Å². The van der Waals surface area contributed by atoms with Gasteiger partial charge in [0.05, 0.1) is 11.7 Å². The normalized spacial score (nSPS) is 13.5. The molecule has 2 rings (SSSR count). The molecular formula is C9H9FN2. The van der Waals surface area contributed by atoms with Gasteiger partial charge >= 0.3 is 0 Å². The highest BCUT2D eigenvalue weighted by atomic mass is 19.1. The number of benzene rings is 1. The number of hydrogen-bond acceptors (Lipinski definition) is 1. The van der Waals surface area contributed by atoms with Crippen LogP contribution in [-0.4, -0.2) is 10.2 Å². The number of halogens is 1. The fourth-order valence-corrected chi connectivity index (χ4v) is 1.21. The van der Waals surface area contributed by atoms with E-state index in [1.807, 2.05) is 12.1 Å². The summed E-state index contributed by atoms with van der Waals surface area (Å²) in [4.78, 5) is 0. The van der Waals surface area contributed by atoms with Gasteiger partial charge in [0.25, 0.3) is 0 Å². The lowest BCUT2D eigenvalue weighted by atomic mass is 10.1. The first-order valence-electron chi connectivity index (χ1n) is 3.84. The standard InChI is InChI=1S/C9H9FN2/c1-6(10)7-2-3-9-8(4-7)5-11-12-9/h2-6H,1H3,(H,11,12). The summed E-state index contributed by atoms with van der Waals surface area (Å²) in [6.45, 7) is 1.53. The predicted octanol–water partition coefficient (Wildman–Crippen LogP) is 2.59. The van der Waals surface area contributed by atoms with Gasteiger partial charge < -0.3 is 0 Å². The van der Waals surface area contributed by atoms with Crippen LogP contribution in [0.4, 0.5) is 4.39 Å². The fraction of sp³-hybridized carbons (Fsp3) is 0.222. The molecule has 1 unspecified atom stereocenters. The van der Waals surface area contributed by atoms with Crippen molar-refractivity contribution in [1.82, 2.24) is 10.2 Å². The Morgan fingerprint density at radius 3 is 3.08 bits per heavy atom. The quantitative estimate of drug-likeness (QED) is 0.689. The van der Waals surface area contributed by atoms with Crippen molar-refractivity contribution < 1.29 is 4.39 Å². The minimum atomic E-state index is -0.913. The number of alkyl halides is 1. The molecule has 0 spiro atoms. The van der Waals surface area contributed by atoms with Gasteiger partial charge in [-0.05, 0) is 24.6 Å². The number of rotatable bonds is 1. The zero-order valence-corrected chi connectivity index (χ0v) is 6.71. The van der Waals surface area contributed by atoms with Crippen LogP contribution in [-0.2, 0) is 0 Å². The molecule has 0 bridgehead atoms. The number of H-pyrrole nitrogens is 1. The third kappa shape index (κ3) is 1.07. The summed E-state index contributed by atoms with van der Waals surface area (Å²) in [7, 11) is 0. The van der Waals surface area contributed by atoms with E-state index in [0.717, 1.165) is 10.9 Å². The Labute approximate surface area is 69.4 Å². The molecule has 0 aliphatic carbocycles.